The molecule has 0 bridgehead atoms. The standard InChI is InChI=1S/C9H10O/c1-8-6-4-2-3-5-7-9(8)10/h2-8H,1H3. The van der Waals surface area contributed by atoms with Crippen molar-refractivity contribution in [3.8, 4) is 0 Å². The molecule has 0 aliphatic heterocycles. The molecule has 1 aliphatic rings. The zero-order valence-corrected chi connectivity index (χ0v) is 5.95. The third-order valence-electron chi connectivity index (χ3n) is 1.44. The minimum atomic E-state index is 0.0289. The second kappa shape index (κ2) is 3.16. The summed E-state index contributed by atoms with van der Waals surface area (Å²) in [5.74, 6) is 0.196. The Morgan fingerprint density at radius 2 is 1.90 bits per heavy atom. The van der Waals surface area contributed by atoms with E-state index in [0.717, 1.165) is 0 Å². The lowest BCUT2D eigenvalue weighted by Crippen LogP contribution is -2.04. The summed E-state index contributed by atoms with van der Waals surface area (Å²) in [6.07, 6.45) is 10.9. The molecule has 1 heteroatoms. The Morgan fingerprint density at radius 1 is 1.20 bits per heavy atom. The van der Waals surface area contributed by atoms with Crippen LogP contribution in [0.1, 0.15) is 6.92 Å². The summed E-state index contributed by atoms with van der Waals surface area (Å²) in [6, 6.07) is 0. The fraction of sp³-hybridized carbons (Fsp3) is 0.222. The minimum absolute atomic E-state index is 0.0289. The van der Waals surface area contributed by atoms with Gasteiger partial charge in [-0.05, 0) is 6.08 Å². The largest absolute Gasteiger partial charge is 0.294 e. The fourth-order valence-corrected chi connectivity index (χ4v) is 0.756. The average molecular weight is 134 g/mol. The lowest BCUT2D eigenvalue weighted by molar-refractivity contribution is -0.116. The van der Waals surface area contributed by atoms with Crippen molar-refractivity contribution >= 4 is 5.78 Å². The monoisotopic (exact) mass is 134 g/mol. The molecule has 1 aliphatic carbocycles. The number of hydrogen-bond acceptors (Lipinski definition) is 1. The van der Waals surface area contributed by atoms with E-state index in [1.807, 2.05) is 31.2 Å². The van der Waals surface area contributed by atoms with Gasteiger partial charge in [0.05, 0.1) is 0 Å². The number of carbonyl (C=O) groups excluding carboxylic acids is 1. The first kappa shape index (κ1) is 7.00. The molecule has 1 rings (SSSR count). The molecule has 0 heterocycles. The van der Waals surface area contributed by atoms with Gasteiger partial charge in [-0.15, -0.1) is 0 Å². The van der Waals surface area contributed by atoms with E-state index in [4.69, 9.17) is 0 Å². The van der Waals surface area contributed by atoms with Crippen molar-refractivity contribution < 1.29 is 4.79 Å². The average Bonchev–Trinajstić information content (AvgIpc) is 1.92. The molecule has 0 fully saturated rings. The van der Waals surface area contributed by atoms with E-state index in [1.165, 1.54) is 0 Å². The maximum atomic E-state index is 11.0. The van der Waals surface area contributed by atoms with Crippen molar-refractivity contribution in [1.82, 2.24) is 0 Å². The van der Waals surface area contributed by atoms with Gasteiger partial charge in [-0.25, -0.2) is 0 Å². The van der Waals surface area contributed by atoms with Crippen LogP contribution in [-0.4, -0.2) is 5.78 Å². The van der Waals surface area contributed by atoms with Crippen molar-refractivity contribution in [1.29, 1.82) is 0 Å². The molecule has 0 N–H and O–H groups in total. The van der Waals surface area contributed by atoms with E-state index in [-0.39, 0.29) is 11.7 Å². The van der Waals surface area contributed by atoms with Gasteiger partial charge < -0.3 is 0 Å². The molecule has 1 atom stereocenters. The van der Waals surface area contributed by atoms with Crippen molar-refractivity contribution in [2.75, 3.05) is 0 Å². The van der Waals surface area contributed by atoms with E-state index in [9.17, 15) is 4.79 Å². The molecule has 0 aromatic carbocycles. The zero-order chi connectivity index (χ0) is 7.40. The van der Waals surface area contributed by atoms with Crippen molar-refractivity contribution in [3.05, 3.63) is 36.5 Å². The van der Waals surface area contributed by atoms with Crippen LogP contribution in [0.2, 0.25) is 0 Å². The number of ketones is 1. The Labute approximate surface area is 60.7 Å². The van der Waals surface area contributed by atoms with Gasteiger partial charge >= 0.3 is 0 Å². The second-order valence-electron chi connectivity index (χ2n) is 2.32. The molecular weight excluding hydrogens is 124 g/mol. The SMILES string of the molecule is CC1C=CC=CC=CC1=O. The molecule has 52 valence electrons. The van der Waals surface area contributed by atoms with Crippen LogP contribution in [0.5, 0.6) is 0 Å². The first-order valence-corrected chi connectivity index (χ1v) is 3.36. The molecule has 1 nitrogen and oxygen atoms in total. The van der Waals surface area contributed by atoms with E-state index in [1.54, 1.807) is 12.2 Å². The molecular formula is C9H10O. The van der Waals surface area contributed by atoms with Crippen molar-refractivity contribution in [2.24, 2.45) is 5.92 Å². The first-order valence-electron chi connectivity index (χ1n) is 3.36. The summed E-state index contributed by atoms with van der Waals surface area (Å²) < 4.78 is 0. The highest BCUT2D eigenvalue weighted by Crippen LogP contribution is 2.02. The van der Waals surface area contributed by atoms with Gasteiger partial charge in [0.15, 0.2) is 5.78 Å². The van der Waals surface area contributed by atoms with E-state index >= 15 is 0 Å². The molecule has 0 spiro atoms. The van der Waals surface area contributed by atoms with Crippen LogP contribution in [0.15, 0.2) is 36.5 Å². The van der Waals surface area contributed by atoms with Crippen molar-refractivity contribution in [3.63, 3.8) is 0 Å². The third kappa shape index (κ3) is 1.69. The Kier molecular flexibility index (Phi) is 2.21. The van der Waals surface area contributed by atoms with Crippen LogP contribution >= 0.6 is 0 Å². The van der Waals surface area contributed by atoms with Crippen LogP contribution in [0, 0.1) is 5.92 Å². The number of rotatable bonds is 0. The van der Waals surface area contributed by atoms with E-state index < -0.39 is 0 Å². The Hall–Kier alpha value is -1.11. The van der Waals surface area contributed by atoms with Gasteiger partial charge in [0.1, 0.15) is 0 Å². The van der Waals surface area contributed by atoms with E-state index in [0.29, 0.717) is 0 Å². The molecule has 10 heavy (non-hydrogen) atoms. The lowest BCUT2D eigenvalue weighted by atomic mass is 10.0. The molecule has 0 amide bonds. The van der Waals surface area contributed by atoms with Crippen molar-refractivity contribution in [2.45, 2.75) is 6.92 Å². The highest BCUT2D eigenvalue weighted by molar-refractivity contribution is 5.93. The molecule has 0 radical (unpaired) electrons. The second-order valence-corrected chi connectivity index (χ2v) is 2.32. The maximum absolute atomic E-state index is 11.0. The normalized spacial score (nSPS) is 24.5. The Balaban J connectivity index is 2.81. The van der Waals surface area contributed by atoms with Gasteiger partial charge in [0.2, 0.25) is 0 Å². The summed E-state index contributed by atoms with van der Waals surface area (Å²) in [5.41, 5.74) is 0. The quantitative estimate of drug-likeness (QED) is 0.494. The lowest BCUT2D eigenvalue weighted by Gasteiger charge is -1.99. The maximum Gasteiger partial charge on any atom is 0.162 e. The van der Waals surface area contributed by atoms with Crippen LogP contribution in [0.25, 0.3) is 0 Å². The third-order valence-corrected chi connectivity index (χ3v) is 1.44. The summed E-state index contributed by atoms with van der Waals surface area (Å²) in [6.45, 7) is 1.89. The van der Waals surface area contributed by atoms with Gasteiger partial charge in [-0.3, -0.25) is 4.79 Å². The fourth-order valence-electron chi connectivity index (χ4n) is 0.756. The predicted octanol–water partition coefficient (Wildman–Crippen LogP) is 1.87. The molecule has 0 aromatic heterocycles. The summed E-state index contributed by atoms with van der Waals surface area (Å²) in [5, 5.41) is 0. The smallest absolute Gasteiger partial charge is 0.162 e. The van der Waals surface area contributed by atoms with Gasteiger partial charge in [0.25, 0.3) is 0 Å². The molecule has 0 saturated carbocycles. The van der Waals surface area contributed by atoms with Gasteiger partial charge in [-0.2, -0.15) is 0 Å². The highest BCUT2D eigenvalue weighted by Gasteiger charge is 2.04. The Bertz CT molecular complexity index is 209. The van der Waals surface area contributed by atoms with Crippen LogP contribution < -0.4 is 0 Å². The Morgan fingerprint density at radius 3 is 2.70 bits per heavy atom. The summed E-state index contributed by atoms with van der Waals surface area (Å²) in [7, 11) is 0. The molecule has 0 aromatic rings. The number of carbonyl (C=O) groups is 1. The summed E-state index contributed by atoms with van der Waals surface area (Å²) >= 11 is 0. The van der Waals surface area contributed by atoms with Crippen LogP contribution in [0.4, 0.5) is 0 Å². The first-order chi connectivity index (χ1) is 4.80. The number of allylic oxidation sites excluding steroid dienone is 6. The topological polar surface area (TPSA) is 17.1 Å². The van der Waals surface area contributed by atoms with Gasteiger partial charge in [-0.1, -0.05) is 37.3 Å². The predicted molar refractivity (Wildman–Crippen MR) is 41.6 cm³/mol. The molecule has 0 saturated heterocycles. The zero-order valence-electron chi connectivity index (χ0n) is 5.95. The van der Waals surface area contributed by atoms with Crippen LogP contribution in [-0.2, 0) is 4.79 Å². The number of hydrogen-bond donors (Lipinski definition) is 0. The minimum Gasteiger partial charge on any atom is -0.294 e. The van der Waals surface area contributed by atoms with Crippen LogP contribution in [0.3, 0.4) is 0 Å². The summed E-state index contributed by atoms with van der Waals surface area (Å²) in [4.78, 5) is 11.0. The van der Waals surface area contributed by atoms with Gasteiger partial charge in [0, 0.05) is 5.92 Å². The molecule has 1 unspecified atom stereocenters. The van der Waals surface area contributed by atoms with E-state index in [2.05, 4.69) is 0 Å². The highest BCUT2D eigenvalue weighted by atomic mass is 16.1.